The van der Waals surface area contributed by atoms with Crippen LogP contribution in [0.5, 0.6) is 6.01 Å². The topological polar surface area (TPSA) is 41.5 Å². The average Bonchev–Trinajstić information content (AvgIpc) is 3.45. The Morgan fingerprint density at radius 3 is 2.20 bits per heavy atom. The van der Waals surface area contributed by atoms with E-state index in [1.165, 1.54) is 24.9 Å². The molecule has 0 N–H and O–H groups in total. The fraction of sp³-hybridized carbons (Fsp3) is 0.500. The second-order valence-corrected chi connectivity index (χ2v) is 7.28. The maximum absolute atomic E-state index is 5.02. The van der Waals surface area contributed by atoms with E-state index in [-0.39, 0.29) is 0 Å². The fourth-order valence-electron chi connectivity index (χ4n) is 3.80. The first kappa shape index (κ1) is 16.5. The van der Waals surface area contributed by atoms with Crippen LogP contribution >= 0.6 is 0 Å². The van der Waals surface area contributed by atoms with Crippen LogP contribution in [0.1, 0.15) is 24.0 Å². The molecule has 1 saturated heterocycles. The molecule has 0 unspecified atom stereocenters. The van der Waals surface area contributed by atoms with Crippen LogP contribution in [-0.4, -0.2) is 59.6 Å². The van der Waals surface area contributed by atoms with Crippen molar-refractivity contribution in [3.05, 3.63) is 53.9 Å². The Morgan fingerprint density at radius 2 is 1.60 bits per heavy atom. The summed E-state index contributed by atoms with van der Waals surface area (Å²) in [7, 11) is 1.59. The molecule has 0 atom stereocenters. The average molecular weight is 338 g/mol. The molecule has 1 aliphatic carbocycles. The third-order valence-electron chi connectivity index (χ3n) is 5.50. The molecule has 25 heavy (non-hydrogen) atoms. The van der Waals surface area contributed by atoms with Gasteiger partial charge in [0, 0.05) is 62.6 Å². The lowest BCUT2D eigenvalue weighted by molar-refractivity contribution is 0.118. The van der Waals surface area contributed by atoms with Gasteiger partial charge in [-0.15, -0.1) is 0 Å². The Kier molecular flexibility index (Phi) is 4.68. The maximum Gasteiger partial charge on any atom is 0.316 e. The third kappa shape index (κ3) is 3.83. The Hall–Kier alpha value is -1.98. The summed E-state index contributed by atoms with van der Waals surface area (Å²) in [5.41, 5.74) is 3.10. The monoisotopic (exact) mass is 338 g/mol. The van der Waals surface area contributed by atoms with Crippen LogP contribution in [0.2, 0.25) is 0 Å². The zero-order valence-corrected chi connectivity index (χ0v) is 14.9. The number of methoxy groups -OCH3 is 1. The molecule has 0 amide bonds. The van der Waals surface area contributed by atoms with Crippen LogP contribution in [0.3, 0.4) is 0 Å². The molecule has 2 aromatic rings. The third-order valence-corrected chi connectivity index (χ3v) is 5.50. The second-order valence-electron chi connectivity index (χ2n) is 7.28. The number of piperazine rings is 1. The van der Waals surface area contributed by atoms with E-state index in [0.29, 0.717) is 11.4 Å². The quantitative estimate of drug-likeness (QED) is 0.809. The lowest BCUT2D eigenvalue weighted by Crippen LogP contribution is -2.48. The number of rotatable bonds is 6. The van der Waals surface area contributed by atoms with E-state index in [2.05, 4.69) is 50.1 Å². The highest BCUT2D eigenvalue weighted by atomic mass is 16.5. The maximum atomic E-state index is 5.02. The lowest BCUT2D eigenvalue weighted by Gasteiger charge is -2.36. The lowest BCUT2D eigenvalue weighted by atomic mass is 9.95. The minimum Gasteiger partial charge on any atom is -0.467 e. The largest absolute Gasteiger partial charge is 0.467 e. The molecule has 1 aromatic heterocycles. The van der Waals surface area contributed by atoms with Crippen LogP contribution in [0, 0.1) is 0 Å². The van der Waals surface area contributed by atoms with E-state index < -0.39 is 0 Å². The highest BCUT2D eigenvalue weighted by molar-refractivity contribution is 5.31. The van der Waals surface area contributed by atoms with Crippen molar-refractivity contribution in [2.45, 2.75) is 24.8 Å². The summed E-state index contributed by atoms with van der Waals surface area (Å²) in [6.45, 7) is 6.63. The van der Waals surface area contributed by atoms with Crippen LogP contribution in [0.4, 0.5) is 0 Å². The van der Waals surface area contributed by atoms with Gasteiger partial charge in [0.05, 0.1) is 7.11 Å². The van der Waals surface area contributed by atoms with Gasteiger partial charge in [0.25, 0.3) is 0 Å². The van der Waals surface area contributed by atoms with Crippen molar-refractivity contribution in [2.24, 2.45) is 0 Å². The van der Waals surface area contributed by atoms with Gasteiger partial charge in [0.1, 0.15) is 0 Å². The molecule has 1 aliphatic heterocycles. The van der Waals surface area contributed by atoms with Crippen LogP contribution < -0.4 is 4.74 Å². The summed E-state index contributed by atoms with van der Waals surface area (Å²) in [5, 5.41) is 0. The molecule has 1 aromatic carbocycles. The summed E-state index contributed by atoms with van der Waals surface area (Å²) in [6, 6.07) is 11.5. The zero-order chi connectivity index (χ0) is 17.1. The van der Waals surface area contributed by atoms with Crippen molar-refractivity contribution in [1.29, 1.82) is 0 Å². The Morgan fingerprint density at radius 1 is 0.960 bits per heavy atom. The van der Waals surface area contributed by atoms with Gasteiger partial charge in [-0.2, -0.15) is 0 Å². The SMILES string of the molecule is COc1ncc(CN2CCN(CC3(c4ccccc4)CC3)CC2)cn1. The standard InChI is InChI=1S/C20H26N4O/c1-25-19-21-13-17(14-22-19)15-23-9-11-24(12-10-23)16-20(7-8-20)18-5-3-2-4-6-18/h2-6,13-14H,7-12,15-16H2,1H3. The number of ether oxygens (including phenoxy) is 1. The van der Waals surface area contributed by atoms with E-state index >= 15 is 0 Å². The fourth-order valence-corrected chi connectivity index (χ4v) is 3.80. The highest BCUT2D eigenvalue weighted by Crippen LogP contribution is 2.48. The second kappa shape index (κ2) is 7.10. The summed E-state index contributed by atoms with van der Waals surface area (Å²) >= 11 is 0. The van der Waals surface area contributed by atoms with Gasteiger partial charge < -0.3 is 4.74 Å². The van der Waals surface area contributed by atoms with Crippen LogP contribution in [0.25, 0.3) is 0 Å². The Labute approximate surface area is 149 Å². The number of hydrogen-bond donors (Lipinski definition) is 0. The molecule has 1 saturated carbocycles. The predicted molar refractivity (Wildman–Crippen MR) is 97.7 cm³/mol. The summed E-state index contributed by atoms with van der Waals surface area (Å²) in [6.07, 6.45) is 6.40. The molecular weight excluding hydrogens is 312 g/mol. The molecular formula is C20H26N4O. The van der Waals surface area contributed by atoms with Crippen molar-refractivity contribution in [2.75, 3.05) is 39.8 Å². The van der Waals surface area contributed by atoms with Gasteiger partial charge in [-0.05, 0) is 18.4 Å². The van der Waals surface area contributed by atoms with Crippen molar-refractivity contribution >= 4 is 0 Å². The first-order chi connectivity index (χ1) is 12.3. The number of aromatic nitrogens is 2. The highest BCUT2D eigenvalue weighted by Gasteiger charge is 2.45. The smallest absolute Gasteiger partial charge is 0.316 e. The van der Waals surface area contributed by atoms with Crippen molar-refractivity contribution in [1.82, 2.24) is 19.8 Å². The number of hydrogen-bond acceptors (Lipinski definition) is 5. The van der Waals surface area contributed by atoms with Gasteiger partial charge in [-0.3, -0.25) is 9.80 Å². The van der Waals surface area contributed by atoms with Gasteiger partial charge in [0.15, 0.2) is 0 Å². The first-order valence-electron chi connectivity index (χ1n) is 9.13. The van der Waals surface area contributed by atoms with E-state index in [9.17, 15) is 0 Å². The van der Waals surface area contributed by atoms with Gasteiger partial charge in [-0.1, -0.05) is 30.3 Å². The molecule has 5 heteroatoms. The Balaban J connectivity index is 1.28. The van der Waals surface area contributed by atoms with Crippen molar-refractivity contribution in [3.8, 4) is 6.01 Å². The van der Waals surface area contributed by atoms with E-state index in [1.807, 2.05) is 12.4 Å². The van der Waals surface area contributed by atoms with Gasteiger partial charge >= 0.3 is 6.01 Å². The van der Waals surface area contributed by atoms with E-state index in [1.54, 1.807) is 7.11 Å². The zero-order valence-electron chi connectivity index (χ0n) is 14.9. The number of nitrogens with zero attached hydrogens (tertiary/aromatic N) is 4. The van der Waals surface area contributed by atoms with Gasteiger partial charge in [-0.25, -0.2) is 9.97 Å². The van der Waals surface area contributed by atoms with Crippen LogP contribution in [0.15, 0.2) is 42.7 Å². The molecule has 2 aliphatic rings. The minimum atomic E-state index is 0.424. The van der Waals surface area contributed by atoms with E-state index in [4.69, 9.17) is 4.74 Å². The molecule has 0 radical (unpaired) electrons. The molecule has 2 heterocycles. The van der Waals surface area contributed by atoms with Crippen molar-refractivity contribution in [3.63, 3.8) is 0 Å². The predicted octanol–water partition coefficient (Wildman–Crippen LogP) is 2.33. The number of benzene rings is 1. The molecule has 132 valence electrons. The van der Waals surface area contributed by atoms with Crippen molar-refractivity contribution < 1.29 is 4.74 Å². The summed E-state index contributed by atoms with van der Waals surface area (Å²) in [4.78, 5) is 13.5. The molecule has 2 fully saturated rings. The molecule has 4 rings (SSSR count). The Bertz CT molecular complexity index is 677. The normalized spacial score (nSPS) is 20.4. The van der Waals surface area contributed by atoms with Gasteiger partial charge in [0.2, 0.25) is 0 Å². The van der Waals surface area contributed by atoms with E-state index in [0.717, 1.165) is 38.3 Å². The molecule has 0 spiro atoms. The summed E-state index contributed by atoms with van der Waals surface area (Å²) < 4.78 is 5.02. The van der Waals surface area contributed by atoms with Crippen LogP contribution in [-0.2, 0) is 12.0 Å². The molecule has 0 bridgehead atoms. The minimum absolute atomic E-state index is 0.424. The summed E-state index contributed by atoms with van der Waals surface area (Å²) in [5.74, 6) is 0. The molecule has 5 nitrogen and oxygen atoms in total. The first-order valence-corrected chi connectivity index (χ1v) is 9.13.